The van der Waals surface area contributed by atoms with E-state index < -0.39 is 0 Å². The van der Waals surface area contributed by atoms with Crippen LogP contribution in [0.3, 0.4) is 0 Å². The van der Waals surface area contributed by atoms with Crippen LogP contribution in [0.25, 0.3) is 0 Å². The fraction of sp³-hybridized carbons (Fsp3) is 0.538. The third kappa shape index (κ3) is 3.60. The van der Waals surface area contributed by atoms with E-state index in [1.54, 1.807) is 6.07 Å². The van der Waals surface area contributed by atoms with Crippen LogP contribution in [0.15, 0.2) is 18.2 Å². The Labute approximate surface area is 107 Å². The SMILES string of the molecule is CCOC1CC(NCc2cc(N)cc(Cl)c2)C1. The summed E-state index contributed by atoms with van der Waals surface area (Å²) in [5, 5.41) is 4.18. The van der Waals surface area contributed by atoms with Crippen LogP contribution >= 0.6 is 11.6 Å². The summed E-state index contributed by atoms with van der Waals surface area (Å²) in [5.74, 6) is 0. The molecule has 0 saturated heterocycles. The van der Waals surface area contributed by atoms with E-state index in [1.807, 2.05) is 19.1 Å². The van der Waals surface area contributed by atoms with Gasteiger partial charge in [0.25, 0.3) is 0 Å². The summed E-state index contributed by atoms with van der Waals surface area (Å²) >= 11 is 5.95. The van der Waals surface area contributed by atoms with Crippen molar-refractivity contribution in [3.05, 3.63) is 28.8 Å². The summed E-state index contributed by atoms with van der Waals surface area (Å²) < 4.78 is 5.52. The lowest BCUT2D eigenvalue weighted by Gasteiger charge is -2.35. The van der Waals surface area contributed by atoms with E-state index >= 15 is 0 Å². The highest BCUT2D eigenvalue weighted by molar-refractivity contribution is 6.30. The van der Waals surface area contributed by atoms with Gasteiger partial charge in [-0.3, -0.25) is 0 Å². The molecule has 94 valence electrons. The standard InChI is InChI=1S/C13H19ClN2O/c1-2-17-13-6-12(7-13)16-8-9-3-10(14)5-11(15)4-9/h3-5,12-13,16H,2,6-8,15H2,1H3. The highest BCUT2D eigenvalue weighted by Crippen LogP contribution is 2.24. The first kappa shape index (κ1) is 12.7. The van der Waals surface area contributed by atoms with E-state index in [0.29, 0.717) is 17.2 Å². The molecule has 0 heterocycles. The zero-order valence-electron chi connectivity index (χ0n) is 10.1. The van der Waals surface area contributed by atoms with Gasteiger partial charge in [-0.05, 0) is 43.5 Å². The Morgan fingerprint density at radius 2 is 2.18 bits per heavy atom. The Kier molecular flexibility index (Phi) is 4.26. The van der Waals surface area contributed by atoms with Crippen LogP contribution in [0, 0.1) is 0 Å². The van der Waals surface area contributed by atoms with Gasteiger partial charge in [0.1, 0.15) is 0 Å². The minimum Gasteiger partial charge on any atom is -0.399 e. The second-order valence-electron chi connectivity index (χ2n) is 4.52. The molecule has 1 aliphatic rings. The molecule has 0 aliphatic heterocycles. The predicted octanol–water partition coefficient (Wildman–Crippen LogP) is 2.58. The first-order valence-electron chi connectivity index (χ1n) is 6.07. The summed E-state index contributed by atoms with van der Waals surface area (Å²) in [7, 11) is 0. The Hall–Kier alpha value is -0.770. The van der Waals surface area contributed by atoms with Gasteiger partial charge in [-0.2, -0.15) is 0 Å². The molecular formula is C13H19ClN2O. The van der Waals surface area contributed by atoms with Crippen LogP contribution in [0.2, 0.25) is 5.02 Å². The number of anilines is 1. The maximum Gasteiger partial charge on any atom is 0.0604 e. The topological polar surface area (TPSA) is 47.3 Å². The molecule has 2 rings (SSSR count). The lowest BCUT2D eigenvalue weighted by atomic mass is 9.89. The Balaban J connectivity index is 1.76. The fourth-order valence-corrected chi connectivity index (χ4v) is 2.41. The fourth-order valence-electron chi connectivity index (χ4n) is 2.14. The zero-order valence-corrected chi connectivity index (χ0v) is 10.8. The van der Waals surface area contributed by atoms with Crippen LogP contribution in [0.5, 0.6) is 0 Å². The van der Waals surface area contributed by atoms with Crippen molar-refractivity contribution >= 4 is 17.3 Å². The normalized spacial score (nSPS) is 23.4. The molecule has 4 heteroatoms. The maximum absolute atomic E-state index is 5.95. The van der Waals surface area contributed by atoms with E-state index in [0.717, 1.165) is 37.2 Å². The average molecular weight is 255 g/mol. The molecule has 1 fully saturated rings. The predicted molar refractivity (Wildman–Crippen MR) is 71.1 cm³/mol. The van der Waals surface area contributed by atoms with Gasteiger partial charge in [0.05, 0.1) is 6.10 Å². The molecule has 17 heavy (non-hydrogen) atoms. The largest absolute Gasteiger partial charge is 0.399 e. The number of ether oxygens (including phenoxy) is 1. The molecule has 1 aliphatic carbocycles. The first-order chi connectivity index (χ1) is 8.17. The average Bonchev–Trinajstić information content (AvgIpc) is 2.19. The van der Waals surface area contributed by atoms with Gasteiger partial charge in [0.2, 0.25) is 0 Å². The van der Waals surface area contributed by atoms with Crippen LogP contribution < -0.4 is 11.1 Å². The summed E-state index contributed by atoms with van der Waals surface area (Å²) in [4.78, 5) is 0. The molecule has 3 nitrogen and oxygen atoms in total. The third-order valence-electron chi connectivity index (χ3n) is 3.07. The molecular weight excluding hydrogens is 236 g/mol. The molecule has 1 aromatic rings. The molecule has 0 spiro atoms. The summed E-state index contributed by atoms with van der Waals surface area (Å²) in [5.41, 5.74) is 7.59. The number of halogens is 1. The number of nitrogen functional groups attached to an aromatic ring is 1. The molecule has 0 unspecified atom stereocenters. The number of hydrogen-bond acceptors (Lipinski definition) is 3. The van der Waals surface area contributed by atoms with Crippen molar-refractivity contribution in [1.82, 2.24) is 5.32 Å². The van der Waals surface area contributed by atoms with Crippen LogP contribution in [-0.2, 0) is 11.3 Å². The van der Waals surface area contributed by atoms with E-state index in [2.05, 4.69) is 5.32 Å². The van der Waals surface area contributed by atoms with Crippen molar-refractivity contribution in [1.29, 1.82) is 0 Å². The summed E-state index contributed by atoms with van der Waals surface area (Å²) in [6.45, 7) is 3.66. The molecule has 1 saturated carbocycles. The van der Waals surface area contributed by atoms with Gasteiger partial charge in [-0.25, -0.2) is 0 Å². The van der Waals surface area contributed by atoms with Crippen molar-refractivity contribution in [2.75, 3.05) is 12.3 Å². The minimum atomic E-state index is 0.446. The summed E-state index contributed by atoms with van der Waals surface area (Å²) in [6.07, 6.45) is 2.65. The number of nitrogens with two attached hydrogens (primary N) is 1. The second kappa shape index (κ2) is 5.71. The smallest absolute Gasteiger partial charge is 0.0604 e. The summed E-state index contributed by atoms with van der Waals surface area (Å²) in [6, 6.07) is 6.23. The van der Waals surface area contributed by atoms with Crippen molar-refractivity contribution in [3.63, 3.8) is 0 Å². The molecule has 0 radical (unpaired) electrons. The van der Waals surface area contributed by atoms with Crippen molar-refractivity contribution in [2.45, 2.75) is 38.5 Å². The number of benzene rings is 1. The number of hydrogen-bond donors (Lipinski definition) is 2. The highest BCUT2D eigenvalue weighted by Gasteiger charge is 2.28. The highest BCUT2D eigenvalue weighted by atomic mass is 35.5. The van der Waals surface area contributed by atoms with Crippen LogP contribution in [0.1, 0.15) is 25.3 Å². The van der Waals surface area contributed by atoms with E-state index in [9.17, 15) is 0 Å². The van der Waals surface area contributed by atoms with Gasteiger partial charge in [0, 0.05) is 29.9 Å². The second-order valence-corrected chi connectivity index (χ2v) is 4.96. The molecule has 1 aromatic carbocycles. The molecule has 3 N–H and O–H groups in total. The Bertz CT molecular complexity index is 357. The first-order valence-corrected chi connectivity index (χ1v) is 6.45. The van der Waals surface area contributed by atoms with Gasteiger partial charge in [-0.1, -0.05) is 11.6 Å². The third-order valence-corrected chi connectivity index (χ3v) is 3.29. The van der Waals surface area contributed by atoms with Crippen molar-refractivity contribution in [3.8, 4) is 0 Å². The molecule has 0 aromatic heterocycles. The maximum atomic E-state index is 5.95. The van der Waals surface area contributed by atoms with Gasteiger partial charge >= 0.3 is 0 Å². The quantitative estimate of drug-likeness (QED) is 0.794. The Morgan fingerprint density at radius 3 is 2.82 bits per heavy atom. The van der Waals surface area contributed by atoms with Crippen LogP contribution in [-0.4, -0.2) is 18.8 Å². The van der Waals surface area contributed by atoms with Gasteiger partial charge in [-0.15, -0.1) is 0 Å². The number of rotatable bonds is 5. The van der Waals surface area contributed by atoms with E-state index in [-0.39, 0.29) is 0 Å². The van der Waals surface area contributed by atoms with E-state index in [4.69, 9.17) is 22.1 Å². The molecule has 0 atom stereocenters. The number of nitrogens with one attached hydrogen (secondary N) is 1. The van der Waals surface area contributed by atoms with Crippen molar-refractivity contribution < 1.29 is 4.74 Å². The van der Waals surface area contributed by atoms with Crippen molar-refractivity contribution in [2.24, 2.45) is 0 Å². The molecule has 0 bridgehead atoms. The zero-order chi connectivity index (χ0) is 12.3. The monoisotopic (exact) mass is 254 g/mol. The van der Waals surface area contributed by atoms with Gasteiger partial charge in [0.15, 0.2) is 0 Å². The lowest BCUT2D eigenvalue weighted by Crippen LogP contribution is -2.45. The molecule has 0 amide bonds. The Morgan fingerprint density at radius 1 is 1.41 bits per heavy atom. The van der Waals surface area contributed by atoms with E-state index in [1.165, 1.54) is 0 Å². The lowest BCUT2D eigenvalue weighted by molar-refractivity contribution is -0.0102. The van der Waals surface area contributed by atoms with Gasteiger partial charge < -0.3 is 15.8 Å². The van der Waals surface area contributed by atoms with Crippen LogP contribution in [0.4, 0.5) is 5.69 Å². The minimum absolute atomic E-state index is 0.446.